The van der Waals surface area contributed by atoms with Crippen LogP contribution < -0.4 is 26.6 Å². The Morgan fingerprint density at radius 2 is 1.56 bits per heavy atom. The normalized spacial score (nSPS) is 15.4. The predicted molar refractivity (Wildman–Crippen MR) is 224 cm³/mol. The molecule has 2 aromatic carbocycles. The van der Waals surface area contributed by atoms with Crippen LogP contribution in [0.4, 0.5) is 14.4 Å². The number of hydrogen-bond acceptors (Lipinski definition) is 10. The second-order valence-electron chi connectivity index (χ2n) is 14.5. The molecule has 6 amide bonds. The number of thioether (sulfide) groups is 1. The average Bonchev–Trinajstić information content (AvgIpc) is 3.93. The molecule has 1 aromatic heterocycles. The molecule has 2 aliphatic rings. The molecule has 57 heavy (non-hydrogen) atoms. The van der Waals surface area contributed by atoms with Crippen molar-refractivity contribution in [2.24, 2.45) is 0 Å². The molecule has 0 radical (unpaired) electrons. The van der Waals surface area contributed by atoms with Crippen LogP contribution in [0, 0.1) is 0 Å². The minimum absolute atomic E-state index is 0.169. The van der Waals surface area contributed by atoms with Gasteiger partial charge < -0.3 is 45.9 Å². The highest BCUT2D eigenvalue weighted by Gasteiger charge is 2.27. The van der Waals surface area contributed by atoms with Gasteiger partial charge in [-0.2, -0.15) is 0 Å². The van der Waals surface area contributed by atoms with Crippen LogP contribution in [-0.2, 0) is 33.7 Å². The molecule has 0 spiro atoms. The fourth-order valence-corrected chi connectivity index (χ4v) is 7.90. The van der Waals surface area contributed by atoms with E-state index in [1.807, 2.05) is 72.2 Å². The highest BCUT2D eigenvalue weighted by Crippen LogP contribution is 2.21. The second kappa shape index (κ2) is 22.8. The van der Waals surface area contributed by atoms with Gasteiger partial charge in [0.1, 0.15) is 12.6 Å². The summed E-state index contributed by atoms with van der Waals surface area (Å²) in [5.74, 6) is 0.667. The van der Waals surface area contributed by atoms with E-state index in [1.54, 1.807) is 35.0 Å². The Labute approximate surface area is 343 Å². The molecule has 1 fully saturated rings. The van der Waals surface area contributed by atoms with Crippen molar-refractivity contribution in [2.45, 2.75) is 76.5 Å². The van der Waals surface area contributed by atoms with Crippen LogP contribution in [-0.4, -0.2) is 109 Å². The van der Waals surface area contributed by atoms with E-state index in [-0.39, 0.29) is 56.1 Å². The third kappa shape index (κ3) is 14.9. The summed E-state index contributed by atoms with van der Waals surface area (Å²) in [4.78, 5) is 62.5. The minimum Gasteiger partial charge on any atom is -0.444 e. The number of thiazole rings is 1. The van der Waals surface area contributed by atoms with E-state index in [0.29, 0.717) is 52.0 Å². The van der Waals surface area contributed by atoms with Gasteiger partial charge in [-0.1, -0.05) is 74.5 Å². The predicted octanol–water partition coefficient (Wildman–Crippen LogP) is 5.19. The van der Waals surface area contributed by atoms with Gasteiger partial charge in [0.05, 0.1) is 36.3 Å². The van der Waals surface area contributed by atoms with E-state index in [1.165, 1.54) is 4.90 Å². The number of benzene rings is 2. The SMILES string of the molecule is CC(C)c1nc(CN(C)C(=O)N[C@@H](CCNC(=O)N2CCOCC2)C(=O)N[C@H](CC[C@H](Cc2ccccc2)NC(=O)OCC2=CNCS2)Cc2ccccc2)cs1. The van der Waals surface area contributed by atoms with Crippen molar-refractivity contribution in [1.82, 2.24) is 41.4 Å². The Morgan fingerprint density at radius 1 is 0.912 bits per heavy atom. The van der Waals surface area contributed by atoms with Gasteiger partial charge in [-0.3, -0.25) is 4.79 Å². The van der Waals surface area contributed by atoms with E-state index in [0.717, 1.165) is 32.6 Å². The fraction of sp³-hybridized carbons (Fsp3) is 0.488. The number of ether oxygens (including phenoxy) is 2. The molecule has 16 heteroatoms. The highest BCUT2D eigenvalue weighted by atomic mass is 32.2. The Balaban J connectivity index is 1.28. The summed E-state index contributed by atoms with van der Waals surface area (Å²) in [5, 5.41) is 18.2. The van der Waals surface area contributed by atoms with E-state index in [9.17, 15) is 19.2 Å². The van der Waals surface area contributed by atoms with Crippen molar-refractivity contribution in [3.63, 3.8) is 0 Å². The summed E-state index contributed by atoms with van der Waals surface area (Å²) in [7, 11) is 1.67. The van der Waals surface area contributed by atoms with Crippen molar-refractivity contribution in [1.29, 1.82) is 0 Å². The first-order valence-corrected chi connectivity index (χ1v) is 21.4. The molecule has 0 bridgehead atoms. The smallest absolute Gasteiger partial charge is 0.407 e. The summed E-state index contributed by atoms with van der Waals surface area (Å²) >= 11 is 3.15. The molecule has 3 atom stereocenters. The van der Waals surface area contributed by atoms with Crippen LogP contribution >= 0.6 is 23.1 Å². The van der Waals surface area contributed by atoms with Crippen LogP contribution in [0.3, 0.4) is 0 Å². The summed E-state index contributed by atoms with van der Waals surface area (Å²) < 4.78 is 10.9. The standard InChI is InChI=1S/C41H56N8O6S2/c1-29(2)38-45-34(27-56-38)25-48(3)40(52)47-36(16-17-43-39(51)49-18-20-54-21-19-49)37(50)44-32(22-30-10-6-4-7-11-30)14-15-33(23-31-12-8-5-9-13-31)46-41(53)55-26-35-24-42-28-57-35/h4-13,24,27,29,32-33,36,42H,14-23,25-26,28H2,1-3H3,(H,43,51)(H,44,50)(H,46,53)(H,47,52)/t32-,33-,36+/m1/s1. The van der Waals surface area contributed by atoms with Crippen molar-refractivity contribution in [3.05, 3.63) is 99.0 Å². The molecule has 3 aromatic rings. The number of alkyl carbamates (subject to hydrolysis) is 1. The van der Waals surface area contributed by atoms with Gasteiger partial charge in [0.25, 0.3) is 0 Å². The lowest BCUT2D eigenvalue weighted by Gasteiger charge is -2.28. The number of nitrogens with one attached hydrogen (secondary N) is 5. The molecule has 3 heterocycles. The van der Waals surface area contributed by atoms with Crippen LogP contribution in [0.25, 0.3) is 0 Å². The monoisotopic (exact) mass is 820 g/mol. The quantitative estimate of drug-likeness (QED) is 0.110. The van der Waals surface area contributed by atoms with E-state index in [2.05, 4.69) is 45.4 Å². The fourth-order valence-electron chi connectivity index (χ4n) is 6.42. The molecule has 1 saturated heterocycles. The molecule has 308 valence electrons. The van der Waals surface area contributed by atoms with Crippen LogP contribution in [0.1, 0.15) is 60.9 Å². The lowest BCUT2D eigenvalue weighted by atomic mass is 9.95. The molecule has 0 aliphatic carbocycles. The Bertz CT molecular complexity index is 1760. The zero-order chi connectivity index (χ0) is 40.4. The average molecular weight is 821 g/mol. The molecule has 5 rings (SSSR count). The molecular weight excluding hydrogens is 765 g/mol. The number of morpholine rings is 1. The largest absolute Gasteiger partial charge is 0.444 e. The number of carbonyl (C=O) groups excluding carboxylic acids is 4. The second-order valence-corrected chi connectivity index (χ2v) is 16.5. The first-order valence-electron chi connectivity index (χ1n) is 19.6. The third-order valence-corrected chi connectivity index (χ3v) is 11.7. The number of amides is 6. The van der Waals surface area contributed by atoms with Gasteiger partial charge in [-0.15, -0.1) is 23.1 Å². The first kappa shape index (κ1) is 43.3. The van der Waals surface area contributed by atoms with Gasteiger partial charge in [-0.05, 0) is 43.2 Å². The third-order valence-electron chi connectivity index (χ3n) is 9.56. The van der Waals surface area contributed by atoms with Gasteiger partial charge >= 0.3 is 18.2 Å². The lowest BCUT2D eigenvalue weighted by Crippen LogP contribution is -2.54. The van der Waals surface area contributed by atoms with Crippen molar-refractivity contribution >= 4 is 47.2 Å². The van der Waals surface area contributed by atoms with Gasteiger partial charge in [-0.25, -0.2) is 19.4 Å². The zero-order valence-corrected chi connectivity index (χ0v) is 34.7. The lowest BCUT2D eigenvalue weighted by molar-refractivity contribution is -0.123. The van der Waals surface area contributed by atoms with Gasteiger partial charge in [0.15, 0.2) is 0 Å². The van der Waals surface area contributed by atoms with Crippen molar-refractivity contribution in [3.8, 4) is 0 Å². The van der Waals surface area contributed by atoms with Crippen LogP contribution in [0.2, 0.25) is 0 Å². The topological polar surface area (TPSA) is 166 Å². The molecule has 5 N–H and O–H groups in total. The maximum Gasteiger partial charge on any atom is 0.407 e. The van der Waals surface area contributed by atoms with Crippen molar-refractivity contribution in [2.75, 3.05) is 52.4 Å². The number of urea groups is 2. The number of rotatable bonds is 19. The summed E-state index contributed by atoms with van der Waals surface area (Å²) in [6.45, 7) is 6.70. The van der Waals surface area contributed by atoms with E-state index in [4.69, 9.17) is 9.47 Å². The zero-order valence-electron chi connectivity index (χ0n) is 33.0. The summed E-state index contributed by atoms with van der Waals surface area (Å²) in [6.07, 6.45) is 3.70. The molecular formula is C41H56N8O6S2. The minimum atomic E-state index is -0.949. The molecule has 0 saturated carbocycles. The molecule has 0 unspecified atom stereocenters. The van der Waals surface area contributed by atoms with Crippen LogP contribution in [0.15, 0.2) is 77.1 Å². The van der Waals surface area contributed by atoms with Crippen LogP contribution in [0.5, 0.6) is 0 Å². The maximum atomic E-state index is 14.2. The van der Waals surface area contributed by atoms with E-state index < -0.39 is 18.2 Å². The summed E-state index contributed by atoms with van der Waals surface area (Å²) in [5.41, 5.74) is 2.87. The highest BCUT2D eigenvalue weighted by molar-refractivity contribution is 8.03. The van der Waals surface area contributed by atoms with Gasteiger partial charge in [0.2, 0.25) is 5.91 Å². The molecule has 14 nitrogen and oxygen atoms in total. The first-order chi connectivity index (χ1) is 27.6. The van der Waals surface area contributed by atoms with Gasteiger partial charge in [0, 0.05) is 61.2 Å². The molecule has 2 aliphatic heterocycles. The van der Waals surface area contributed by atoms with Crippen molar-refractivity contribution < 1.29 is 28.7 Å². The number of carbonyl (C=O) groups is 4. The Hall–Kier alpha value is -4.80. The number of hydrogen-bond donors (Lipinski definition) is 5. The Morgan fingerprint density at radius 3 is 2.16 bits per heavy atom. The summed E-state index contributed by atoms with van der Waals surface area (Å²) in [6, 6.07) is 17.6. The number of nitrogens with zero attached hydrogens (tertiary/aromatic N) is 3. The maximum absolute atomic E-state index is 14.2. The Kier molecular flexibility index (Phi) is 17.3. The number of aromatic nitrogens is 1. The van der Waals surface area contributed by atoms with E-state index >= 15 is 0 Å².